The molecule has 1 aromatic heterocycles. The number of benzene rings is 1. The molecule has 0 saturated carbocycles. The van der Waals surface area contributed by atoms with E-state index in [4.69, 9.17) is 0 Å². The Morgan fingerprint density at radius 2 is 2.04 bits per heavy atom. The van der Waals surface area contributed by atoms with E-state index in [1.54, 1.807) is 6.08 Å². The number of aryl methyl sites for hydroxylation is 1. The van der Waals surface area contributed by atoms with Crippen molar-refractivity contribution in [1.29, 1.82) is 0 Å². The zero-order chi connectivity index (χ0) is 16.8. The molecule has 0 N–H and O–H groups in total. The van der Waals surface area contributed by atoms with E-state index in [0.29, 0.717) is 12.3 Å². The molecule has 0 saturated heterocycles. The maximum absolute atomic E-state index is 12.7. The average molecular weight is 330 g/mol. The Kier molecular flexibility index (Phi) is 5.98. The summed E-state index contributed by atoms with van der Waals surface area (Å²) >= 11 is 1.41. The second-order valence-electron chi connectivity index (χ2n) is 5.41. The van der Waals surface area contributed by atoms with Gasteiger partial charge in [0, 0.05) is 18.3 Å². The van der Waals surface area contributed by atoms with E-state index < -0.39 is 0 Å². The zero-order valence-corrected chi connectivity index (χ0v) is 14.6. The lowest BCUT2D eigenvalue weighted by Gasteiger charge is -2.26. The maximum atomic E-state index is 12.7. The molecule has 1 amide bonds. The Morgan fingerprint density at radius 1 is 1.35 bits per heavy atom. The Hall–Kier alpha value is -2.08. The van der Waals surface area contributed by atoms with Gasteiger partial charge in [0.05, 0.1) is 5.75 Å². The van der Waals surface area contributed by atoms with Crippen LogP contribution in [0.4, 0.5) is 5.69 Å². The number of hydrogen-bond acceptors (Lipinski definition) is 4. The van der Waals surface area contributed by atoms with Crippen LogP contribution in [-0.2, 0) is 11.3 Å². The fourth-order valence-corrected chi connectivity index (χ4v) is 3.17. The lowest BCUT2D eigenvalue weighted by atomic mass is 10.2. The van der Waals surface area contributed by atoms with Gasteiger partial charge in [-0.05, 0) is 32.9 Å². The van der Waals surface area contributed by atoms with Crippen molar-refractivity contribution in [2.75, 3.05) is 10.7 Å². The number of hydrogen-bond donors (Lipinski definition) is 0. The predicted molar refractivity (Wildman–Crippen MR) is 94.7 cm³/mol. The van der Waals surface area contributed by atoms with Crippen LogP contribution in [-0.4, -0.2) is 32.5 Å². The maximum Gasteiger partial charge on any atom is 0.237 e. The van der Waals surface area contributed by atoms with Crippen LogP contribution in [0.3, 0.4) is 0 Å². The molecule has 122 valence electrons. The van der Waals surface area contributed by atoms with Crippen LogP contribution in [0, 0.1) is 6.92 Å². The van der Waals surface area contributed by atoms with Crippen LogP contribution < -0.4 is 4.90 Å². The molecule has 6 heteroatoms. The summed E-state index contributed by atoms with van der Waals surface area (Å²) < 4.78 is 1.95. The zero-order valence-electron chi connectivity index (χ0n) is 13.8. The second-order valence-corrected chi connectivity index (χ2v) is 6.35. The summed E-state index contributed by atoms with van der Waals surface area (Å²) in [5.74, 6) is 1.20. The van der Waals surface area contributed by atoms with Gasteiger partial charge in [-0.2, -0.15) is 0 Å². The molecule has 0 aliphatic heterocycles. The smallest absolute Gasteiger partial charge is 0.237 e. The van der Waals surface area contributed by atoms with Crippen molar-refractivity contribution in [3.05, 3.63) is 48.8 Å². The van der Waals surface area contributed by atoms with E-state index in [2.05, 4.69) is 16.8 Å². The van der Waals surface area contributed by atoms with Gasteiger partial charge in [-0.25, -0.2) is 0 Å². The second kappa shape index (κ2) is 7.97. The Balaban J connectivity index is 2.10. The number of carbonyl (C=O) groups excluding carboxylic acids is 1. The number of aromatic nitrogens is 3. The summed E-state index contributed by atoms with van der Waals surface area (Å²) in [6.07, 6.45) is 1.80. The molecule has 1 heterocycles. The van der Waals surface area contributed by atoms with Crippen LogP contribution in [0.1, 0.15) is 19.7 Å². The molecule has 0 aliphatic rings. The number of para-hydroxylation sites is 1. The van der Waals surface area contributed by atoms with Crippen molar-refractivity contribution in [2.24, 2.45) is 0 Å². The topological polar surface area (TPSA) is 51.0 Å². The molecule has 0 bridgehead atoms. The quantitative estimate of drug-likeness (QED) is 0.577. The molecular formula is C17H22N4OS. The molecule has 2 rings (SSSR count). The van der Waals surface area contributed by atoms with E-state index >= 15 is 0 Å². The van der Waals surface area contributed by atoms with Gasteiger partial charge in [-0.3, -0.25) is 4.79 Å². The lowest BCUT2D eigenvalue weighted by molar-refractivity contribution is -0.116. The molecule has 23 heavy (non-hydrogen) atoms. The third-order valence-corrected chi connectivity index (χ3v) is 4.31. The molecule has 0 spiro atoms. The predicted octanol–water partition coefficient (Wildman–Crippen LogP) is 3.31. The van der Waals surface area contributed by atoms with Crippen molar-refractivity contribution < 1.29 is 4.79 Å². The first-order valence-electron chi connectivity index (χ1n) is 7.55. The Bertz CT molecular complexity index is 666. The normalized spacial score (nSPS) is 10.8. The molecule has 5 nitrogen and oxygen atoms in total. The Labute approximate surface area is 141 Å². The van der Waals surface area contributed by atoms with Crippen molar-refractivity contribution in [1.82, 2.24) is 14.8 Å². The molecule has 0 radical (unpaired) electrons. The molecule has 1 aromatic carbocycles. The Morgan fingerprint density at radius 3 is 2.65 bits per heavy atom. The van der Waals surface area contributed by atoms with Crippen LogP contribution in [0.25, 0.3) is 0 Å². The van der Waals surface area contributed by atoms with Gasteiger partial charge >= 0.3 is 0 Å². The number of nitrogens with zero attached hydrogens (tertiary/aromatic N) is 4. The van der Waals surface area contributed by atoms with Gasteiger partial charge in [0.25, 0.3) is 0 Å². The standard InChI is InChI=1S/C17H22N4OS/c1-5-11-20-14(4)18-19-17(20)23-12-16(22)21(13(2)3)15-9-7-6-8-10-15/h5-10,13H,1,11-12H2,2-4H3. The minimum absolute atomic E-state index is 0.0574. The molecule has 0 unspecified atom stereocenters. The van der Waals surface area contributed by atoms with Gasteiger partial charge in [-0.1, -0.05) is 36.0 Å². The minimum atomic E-state index is 0.0574. The number of thioether (sulfide) groups is 1. The summed E-state index contributed by atoms with van der Waals surface area (Å²) in [7, 11) is 0. The van der Waals surface area contributed by atoms with Crippen molar-refractivity contribution >= 4 is 23.4 Å². The van der Waals surface area contributed by atoms with Gasteiger partial charge < -0.3 is 9.47 Å². The van der Waals surface area contributed by atoms with Crippen LogP contribution in [0.2, 0.25) is 0 Å². The van der Waals surface area contributed by atoms with Crippen LogP contribution in [0.5, 0.6) is 0 Å². The summed E-state index contributed by atoms with van der Waals surface area (Å²) in [6.45, 7) is 10.3. The van der Waals surface area contributed by atoms with E-state index in [1.807, 2.05) is 60.6 Å². The first-order valence-corrected chi connectivity index (χ1v) is 8.53. The highest BCUT2D eigenvalue weighted by atomic mass is 32.2. The van der Waals surface area contributed by atoms with Gasteiger partial charge in [-0.15, -0.1) is 16.8 Å². The van der Waals surface area contributed by atoms with Gasteiger partial charge in [0.15, 0.2) is 5.16 Å². The van der Waals surface area contributed by atoms with Crippen molar-refractivity contribution in [3.63, 3.8) is 0 Å². The highest BCUT2D eigenvalue weighted by molar-refractivity contribution is 7.99. The highest BCUT2D eigenvalue weighted by Crippen LogP contribution is 2.21. The number of anilines is 1. The summed E-state index contributed by atoms with van der Waals surface area (Å²) in [5, 5.41) is 8.95. The average Bonchev–Trinajstić information content (AvgIpc) is 2.87. The molecule has 0 atom stereocenters. The van der Waals surface area contributed by atoms with Gasteiger partial charge in [0.2, 0.25) is 5.91 Å². The molecular weight excluding hydrogens is 308 g/mol. The fraction of sp³-hybridized carbons (Fsp3) is 0.353. The fourth-order valence-electron chi connectivity index (χ4n) is 2.32. The summed E-state index contributed by atoms with van der Waals surface area (Å²) in [4.78, 5) is 14.5. The monoisotopic (exact) mass is 330 g/mol. The van der Waals surface area contributed by atoms with Crippen LogP contribution in [0.15, 0.2) is 48.1 Å². The first kappa shape index (κ1) is 17.3. The third-order valence-electron chi connectivity index (χ3n) is 3.36. The SMILES string of the molecule is C=CCn1c(C)nnc1SCC(=O)N(c1ccccc1)C(C)C. The molecule has 2 aromatic rings. The van der Waals surface area contributed by atoms with E-state index in [1.165, 1.54) is 11.8 Å². The number of amides is 1. The minimum Gasteiger partial charge on any atom is -0.309 e. The first-order chi connectivity index (χ1) is 11.0. The number of rotatable bonds is 7. The van der Waals surface area contributed by atoms with Crippen LogP contribution >= 0.6 is 11.8 Å². The van der Waals surface area contributed by atoms with E-state index in [0.717, 1.165) is 16.7 Å². The molecule has 0 fully saturated rings. The largest absolute Gasteiger partial charge is 0.309 e. The van der Waals surface area contributed by atoms with E-state index in [-0.39, 0.29) is 11.9 Å². The summed E-state index contributed by atoms with van der Waals surface area (Å²) in [5.41, 5.74) is 0.914. The van der Waals surface area contributed by atoms with Crippen molar-refractivity contribution in [2.45, 2.75) is 38.5 Å². The van der Waals surface area contributed by atoms with Gasteiger partial charge in [0.1, 0.15) is 5.82 Å². The third kappa shape index (κ3) is 4.22. The molecule has 0 aliphatic carbocycles. The highest BCUT2D eigenvalue weighted by Gasteiger charge is 2.20. The number of allylic oxidation sites excluding steroid dienone is 1. The lowest BCUT2D eigenvalue weighted by Crippen LogP contribution is -2.38. The summed E-state index contributed by atoms with van der Waals surface area (Å²) in [6, 6.07) is 9.82. The number of carbonyl (C=O) groups is 1. The van der Waals surface area contributed by atoms with E-state index in [9.17, 15) is 4.79 Å². The van der Waals surface area contributed by atoms with Crippen molar-refractivity contribution in [3.8, 4) is 0 Å².